The Balaban J connectivity index is 0.000000215. The Bertz CT molecular complexity index is 5330. The number of esters is 2. The first-order chi connectivity index (χ1) is 61.0. The van der Waals surface area contributed by atoms with Crippen molar-refractivity contribution in [3.63, 3.8) is 0 Å². The number of carbonyl (C=O) groups excluding carboxylic acids is 2. The molecule has 8 heterocycles. The second kappa shape index (κ2) is 47.0. The number of aromatic nitrogens is 4. The molecule has 706 valence electrons. The van der Waals surface area contributed by atoms with E-state index in [1.54, 1.807) is 71.9 Å². The fraction of sp³-hybridized carbons (Fsp3) is 0.406. The summed E-state index contributed by atoms with van der Waals surface area (Å²) in [6.45, 7) is 23.5. The van der Waals surface area contributed by atoms with Crippen LogP contribution in [0.2, 0.25) is 0 Å². The van der Waals surface area contributed by atoms with Crippen LogP contribution in [-0.2, 0) is 117 Å². The molecule has 1 saturated heterocycles. The van der Waals surface area contributed by atoms with Gasteiger partial charge in [0, 0.05) is 117 Å². The second-order valence-corrected chi connectivity index (χ2v) is 33.3. The first kappa shape index (κ1) is 107. The van der Waals surface area contributed by atoms with Crippen LogP contribution in [0.1, 0.15) is 161 Å². The molecule has 4 aromatic heterocycles. The SMILES string of the molecule is C.CC(C)(Oc1ccc2c(c1)CCN(Cc1cc(-c3ccc(C(F)(F)F)cc3)on1)CC2)C(=O)O.CC1CCCO1.CCOC(=O)C(C)(C)Oc1ccc2c(c1)CCN(Cc1cc(-c3ccc(C(F)(F)F)cc3)on1)CC2.CCOC(=O)C(C)(C)Oc1ccc2c(c1)CCN(Cc1cc(-c3ccc(C(F)(F)F)cc3)on1)CC2.FC(F)(F)c1ccc(-c2cc(CBr)no2)cc1.[Na+].[OH-]. The van der Waals surface area contributed by atoms with Crippen molar-refractivity contribution in [2.45, 2.75) is 194 Å². The van der Waals surface area contributed by atoms with Crippen molar-refractivity contribution in [1.29, 1.82) is 0 Å². The van der Waals surface area contributed by atoms with Crippen LogP contribution >= 0.6 is 15.9 Å². The van der Waals surface area contributed by atoms with Crippen LogP contribution < -0.4 is 43.8 Å². The molecule has 1 atom stereocenters. The van der Waals surface area contributed by atoms with Crippen molar-refractivity contribution in [2.75, 3.05) is 59.1 Å². The van der Waals surface area contributed by atoms with Gasteiger partial charge in [-0.25, -0.2) is 14.4 Å². The molecular formula is C96H105BrF12N7NaO15. The van der Waals surface area contributed by atoms with E-state index in [0.29, 0.717) is 118 Å². The topological polar surface area (TPSA) is 271 Å². The fourth-order valence-corrected chi connectivity index (χ4v) is 14.6. The third kappa shape index (κ3) is 30.6. The molecule has 4 aliphatic heterocycles. The number of carboxylic acids is 1. The zero-order valence-electron chi connectivity index (χ0n) is 73.9. The molecule has 4 aliphatic rings. The van der Waals surface area contributed by atoms with Gasteiger partial charge >= 0.3 is 72.2 Å². The molecule has 0 saturated carbocycles. The van der Waals surface area contributed by atoms with Gasteiger partial charge in [-0.15, -0.1) is 0 Å². The minimum Gasteiger partial charge on any atom is -0.870 e. The van der Waals surface area contributed by atoms with Crippen molar-refractivity contribution in [1.82, 2.24) is 35.3 Å². The van der Waals surface area contributed by atoms with Crippen molar-refractivity contribution >= 4 is 33.8 Å². The quantitative estimate of drug-likeness (QED) is 0.0286. The third-order valence-corrected chi connectivity index (χ3v) is 22.1. The van der Waals surface area contributed by atoms with Gasteiger partial charge in [-0.1, -0.05) is 111 Å². The van der Waals surface area contributed by atoms with E-state index in [1.807, 2.05) is 48.5 Å². The maximum Gasteiger partial charge on any atom is 1.00 e. The number of benzene rings is 7. The minimum atomic E-state index is -4.38. The molecule has 0 spiro atoms. The maximum atomic E-state index is 12.8. The van der Waals surface area contributed by atoms with Gasteiger partial charge < -0.3 is 57.1 Å². The average Bonchev–Trinajstić information content (AvgIpc) is 1.52. The Morgan fingerprint density at radius 1 is 0.402 bits per heavy atom. The summed E-state index contributed by atoms with van der Waals surface area (Å²) in [7, 11) is 0. The fourth-order valence-electron chi connectivity index (χ4n) is 14.3. The van der Waals surface area contributed by atoms with Gasteiger partial charge in [0.05, 0.1) is 64.3 Å². The molecule has 0 aliphatic carbocycles. The first-order valence-corrected chi connectivity index (χ1v) is 43.0. The molecule has 0 bridgehead atoms. The Morgan fingerprint density at radius 2 is 0.659 bits per heavy atom. The summed E-state index contributed by atoms with van der Waals surface area (Å²) in [5, 5.41) is 25.9. The monoisotopic (exact) mass is 1930 g/mol. The summed E-state index contributed by atoms with van der Waals surface area (Å²) in [5.41, 5.74) is 5.84. The zero-order chi connectivity index (χ0) is 93.2. The van der Waals surface area contributed by atoms with Crippen LogP contribution in [0.15, 0.2) is 194 Å². The molecule has 132 heavy (non-hydrogen) atoms. The molecule has 0 amide bonds. The van der Waals surface area contributed by atoms with E-state index in [-0.39, 0.29) is 42.5 Å². The summed E-state index contributed by atoms with van der Waals surface area (Å²) in [6.07, 6.45) is -9.49. The number of rotatable bonds is 22. The summed E-state index contributed by atoms with van der Waals surface area (Å²) in [4.78, 5) is 42.4. The van der Waals surface area contributed by atoms with Crippen molar-refractivity contribution in [3.05, 3.63) is 254 Å². The molecule has 1 fully saturated rings. The van der Waals surface area contributed by atoms with Gasteiger partial charge in [-0.05, 0) is 232 Å². The number of carbonyl (C=O) groups is 3. The van der Waals surface area contributed by atoms with E-state index < -0.39 is 81.7 Å². The van der Waals surface area contributed by atoms with Crippen molar-refractivity contribution in [3.8, 4) is 62.5 Å². The first-order valence-electron chi connectivity index (χ1n) is 41.9. The van der Waals surface area contributed by atoms with Crippen LogP contribution in [0.25, 0.3) is 45.3 Å². The van der Waals surface area contributed by atoms with Crippen LogP contribution in [-0.4, -0.2) is 146 Å². The number of ether oxygens (including phenoxy) is 6. The summed E-state index contributed by atoms with van der Waals surface area (Å²) < 4.78 is 206. The standard InChI is InChI=1S/2C27H29F3N2O4.C25H25F3N2O4.C11H7BrF3NO.C5H10O.CH4.Na.H2O/c2*1-4-34-25(33)26(2,3)35-23-10-7-18-11-13-32(14-12-20(18)15-23)17-22-16-24(36-31-22)19-5-8-21(9-6-19)27(28,29)30;1-24(2,23(31)32)33-21-8-5-16-9-11-30(12-10-18(16)13-21)15-20-14-22(34-29-20)17-3-6-19(7-4-17)25(26,27)28;12-6-9-5-10(17-16-9)7-1-3-8(4-2-7)11(13,14)15;1-5-3-2-4-6-5;;;/h2*5-10,15-16H,4,11-14,17H2,1-3H3;3-8,13-14H,9-12,15H2,1-2H3,(H,31,32);1-5H,6H2;5H,2-4H2,1H3;1H4;;1H2/q;;;;;;+1;/p-1. The molecule has 7 aromatic carbocycles. The second-order valence-electron chi connectivity index (χ2n) is 32.7. The third-order valence-electron chi connectivity index (χ3n) is 21.6. The largest absolute Gasteiger partial charge is 1.00 e. The number of carboxylic acid groups (broad SMARTS) is 1. The molecule has 11 aromatic rings. The van der Waals surface area contributed by atoms with Gasteiger partial charge in [-0.2, -0.15) is 52.7 Å². The van der Waals surface area contributed by atoms with Gasteiger partial charge in [-0.3, -0.25) is 14.7 Å². The number of nitrogens with zero attached hydrogens (tertiary/aromatic N) is 7. The van der Waals surface area contributed by atoms with Gasteiger partial charge in [0.1, 0.15) is 17.2 Å². The summed E-state index contributed by atoms with van der Waals surface area (Å²) in [5.74, 6) is 1.66. The number of hydrogen-bond acceptors (Lipinski definition) is 21. The summed E-state index contributed by atoms with van der Waals surface area (Å²) >= 11 is 3.21. The Hall–Kier alpha value is -10.4. The van der Waals surface area contributed by atoms with Gasteiger partial charge in [0.2, 0.25) is 0 Å². The molecule has 36 heteroatoms. The van der Waals surface area contributed by atoms with Crippen LogP contribution in [0, 0.1) is 0 Å². The van der Waals surface area contributed by atoms with E-state index in [1.165, 1.54) is 103 Å². The van der Waals surface area contributed by atoms with Crippen LogP contribution in [0.4, 0.5) is 52.7 Å². The smallest absolute Gasteiger partial charge is 0.870 e. The number of hydrogen-bond donors (Lipinski definition) is 1. The Labute approximate surface area is 787 Å². The van der Waals surface area contributed by atoms with Crippen LogP contribution in [0.5, 0.6) is 17.2 Å². The number of aliphatic carboxylic acids is 1. The van der Waals surface area contributed by atoms with Crippen molar-refractivity contribution in [2.24, 2.45) is 0 Å². The molecule has 0 radical (unpaired) electrons. The molecule has 2 N–H and O–H groups in total. The van der Waals surface area contributed by atoms with Gasteiger partial charge in [0.15, 0.2) is 39.8 Å². The molecule has 15 rings (SSSR count). The van der Waals surface area contributed by atoms with Crippen molar-refractivity contribution < 1.29 is 154 Å². The minimum absolute atomic E-state index is 0. The van der Waals surface area contributed by atoms with Crippen LogP contribution in [0.3, 0.4) is 0 Å². The molecule has 22 nitrogen and oxygen atoms in total. The molecular weight excluding hydrogens is 1820 g/mol. The van der Waals surface area contributed by atoms with E-state index in [4.69, 9.17) is 46.5 Å². The normalized spacial score (nSPS) is 15.0. The zero-order valence-corrected chi connectivity index (χ0v) is 77.5. The van der Waals surface area contributed by atoms with E-state index in [9.17, 15) is 72.2 Å². The Morgan fingerprint density at radius 3 is 0.879 bits per heavy atom. The van der Waals surface area contributed by atoms with E-state index in [0.717, 1.165) is 150 Å². The predicted octanol–water partition coefficient (Wildman–Crippen LogP) is 19.5. The average molecular weight is 1930 g/mol. The Kier molecular flexibility index (Phi) is 38.1. The number of alkyl halides is 13. The van der Waals surface area contributed by atoms with E-state index >= 15 is 0 Å². The number of halogens is 13. The van der Waals surface area contributed by atoms with E-state index in [2.05, 4.69) is 58.2 Å². The number of fused-ring (bicyclic) bond motifs is 3. The summed E-state index contributed by atoms with van der Waals surface area (Å²) in [6, 6.07) is 43.7. The van der Waals surface area contributed by atoms with Gasteiger partial charge in [0.25, 0.3) is 0 Å². The maximum absolute atomic E-state index is 12.8. The molecule has 1 unspecified atom stereocenters. The predicted molar refractivity (Wildman–Crippen MR) is 466 cm³/mol.